The molecule has 1 atom stereocenters. The molecule has 1 heterocycles. The van der Waals surface area contributed by atoms with Gasteiger partial charge in [-0.15, -0.1) is 0 Å². The van der Waals surface area contributed by atoms with E-state index in [9.17, 15) is 4.79 Å². The maximum atomic E-state index is 12.4. The SMILES string of the molecule is CC(CC#N)N(C)C(=O)c1cccc2cc[nH]c12. The summed E-state index contributed by atoms with van der Waals surface area (Å²) in [6.45, 7) is 1.87. The predicted octanol–water partition coefficient (Wildman–Crippen LogP) is 2.54. The number of hydrogen-bond acceptors (Lipinski definition) is 2. The lowest BCUT2D eigenvalue weighted by molar-refractivity contribution is 0.0748. The molecule has 0 aliphatic rings. The monoisotopic (exact) mass is 241 g/mol. The van der Waals surface area contributed by atoms with Crippen LogP contribution in [-0.2, 0) is 0 Å². The number of nitrogens with one attached hydrogen (secondary N) is 1. The van der Waals surface area contributed by atoms with Crippen molar-refractivity contribution in [3.63, 3.8) is 0 Å². The zero-order valence-corrected chi connectivity index (χ0v) is 10.5. The van der Waals surface area contributed by atoms with E-state index in [1.165, 1.54) is 0 Å². The Labute approximate surface area is 106 Å². The van der Waals surface area contributed by atoms with Gasteiger partial charge in [0.05, 0.1) is 23.6 Å². The van der Waals surface area contributed by atoms with E-state index in [4.69, 9.17) is 5.26 Å². The molecule has 0 saturated carbocycles. The van der Waals surface area contributed by atoms with Crippen LogP contribution < -0.4 is 0 Å². The summed E-state index contributed by atoms with van der Waals surface area (Å²) in [6.07, 6.45) is 2.16. The normalized spacial score (nSPS) is 12.1. The van der Waals surface area contributed by atoms with Crippen molar-refractivity contribution in [1.29, 1.82) is 5.26 Å². The molecule has 0 aliphatic carbocycles. The number of carbonyl (C=O) groups excluding carboxylic acids is 1. The number of H-pyrrole nitrogens is 1. The number of nitriles is 1. The van der Waals surface area contributed by atoms with Gasteiger partial charge < -0.3 is 9.88 Å². The number of nitrogens with zero attached hydrogens (tertiary/aromatic N) is 2. The Balaban J connectivity index is 2.34. The van der Waals surface area contributed by atoms with Crippen LogP contribution in [0.25, 0.3) is 10.9 Å². The van der Waals surface area contributed by atoms with Crippen molar-refractivity contribution in [2.45, 2.75) is 19.4 Å². The van der Waals surface area contributed by atoms with Crippen LogP contribution in [0.1, 0.15) is 23.7 Å². The molecule has 0 spiro atoms. The van der Waals surface area contributed by atoms with Gasteiger partial charge in [0.25, 0.3) is 5.91 Å². The molecule has 0 fully saturated rings. The van der Waals surface area contributed by atoms with Gasteiger partial charge >= 0.3 is 0 Å². The second-order valence-corrected chi connectivity index (χ2v) is 4.37. The van der Waals surface area contributed by atoms with Gasteiger partial charge in [0.15, 0.2) is 0 Å². The lowest BCUT2D eigenvalue weighted by Gasteiger charge is -2.23. The zero-order valence-electron chi connectivity index (χ0n) is 10.5. The second kappa shape index (κ2) is 4.92. The molecule has 18 heavy (non-hydrogen) atoms. The Morgan fingerprint density at radius 3 is 3.00 bits per heavy atom. The molecule has 92 valence electrons. The van der Waals surface area contributed by atoms with Gasteiger partial charge in [-0.2, -0.15) is 5.26 Å². The van der Waals surface area contributed by atoms with Gasteiger partial charge in [0, 0.05) is 24.7 Å². The minimum Gasteiger partial charge on any atom is -0.361 e. The lowest BCUT2D eigenvalue weighted by Crippen LogP contribution is -2.34. The predicted molar refractivity (Wildman–Crippen MR) is 70.1 cm³/mol. The van der Waals surface area contributed by atoms with Crippen molar-refractivity contribution in [2.24, 2.45) is 0 Å². The molecule has 1 unspecified atom stereocenters. The summed E-state index contributed by atoms with van der Waals surface area (Å²) in [5, 5.41) is 9.70. The minimum absolute atomic E-state index is 0.0641. The Bertz CT molecular complexity index is 609. The van der Waals surface area contributed by atoms with Gasteiger partial charge in [-0.05, 0) is 19.1 Å². The number of rotatable bonds is 3. The van der Waals surface area contributed by atoms with Crippen LogP contribution in [0.4, 0.5) is 0 Å². The zero-order chi connectivity index (χ0) is 13.1. The fourth-order valence-electron chi connectivity index (χ4n) is 1.92. The Morgan fingerprint density at radius 2 is 2.28 bits per heavy atom. The highest BCUT2D eigenvalue weighted by Gasteiger charge is 2.19. The van der Waals surface area contributed by atoms with Crippen molar-refractivity contribution < 1.29 is 4.79 Å². The molecule has 0 aliphatic heterocycles. The smallest absolute Gasteiger partial charge is 0.255 e. The first-order valence-electron chi connectivity index (χ1n) is 5.85. The summed E-state index contributed by atoms with van der Waals surface area (Å²) < 4.78 is 0. The molecule has 0 radical (unpaired) electrons. The van der Waals surface area contributed by atoms with Crippen molar-refractivity contribution >= 4 is 16.8 Å². The van der Waals surface area contributed by atoms with E-state index in [0.717, 1.165) is 10.9 Å². The summed E-state index contributed by atoms with van der Waals surface area (Å²) in [5.74, 6) is -0.0641. The van der Waals surface area contributed by atoms with E-state index in [0.29, 0.717) is 12.0 Å². The Morgan fingerprint density at radius 1 is 1.50 bits per heavy atom. The largest absolute Gasteiger partial charge is 0.361 e. The number of aromatic amines is 1. The van der Waals surface area contributed by atoms with Crippen LogP contribution in [0.3, 0.4) is 0 Å². The van der Waals surface area contributed by atoms with Gasteiger partial charge in [0.1, 0.15) is 0 Å². The maximum Gasteiger partial charge on any atom is 0.255 e. The van der Waals surface area contributed by atoms with Gasteiger partial charge in [0.2, 0.25) is 0 Å². The number of hydrogen-bond donors (Lipinski definition) is 1. The van der Waals surface area contributed by atoms with E-state index in [-0.39, 0.29) is 11.9 Å². The summed E-state index contributed by atoms with van der Waals surface area (Å²) in [6, 6.07) is 9.56. The van der Waals surface area contributed by atoms with Crippen molar-refractivity contribution in [1.82, 2.24) is 9.88 Å². The molecular formula is C14H15N3O. The van der Waals surface area contributed by atoms with Crippen LogP contribution in [0.5, 0.6) is 0 Å². The fraction of sp³-hybridized carbons (Fsp3) is 0.286. The maximum absolute atomic E-state index is 12.4. The molecular weight excluding hydrogens is 226 g/mol. The van der Waals surface area contributed by atoms with E-state index < -0.39 is 0 Å². The molecule has 1 amide bonds. The van der Waals surface area contributed by atoms with Crippen molar-refractivity contribution in [3.8, 4) is 6.07 Å². The van der Waals surface area contributed by atoms with E-state index in [1.54, 1.807) is 18.0 Å². The fourth-order valence-corrected chi connectivity index (χ4v) is 1.92. The second-order valence-electron chi connectivity index (χ2n) is 4.37. The highest BCUT2D eigenvalue weighted by molar-refractivity contribution is 6.05. The number of amides is 1. The van der Waals surface area contributed by atoms with Gasteiger partial charge in [-0.3, -0.25) is 4.79 Å². The van der Waals surface area contributed by atoms with Crippen LogP contribution >= 0.6 is 0 Å². The minimum atomic E-state index is -0.0901. The first-order chi connectivity index (χ1) is 8.65. The third-order valence-corrected chi connectivity index (χ3v) is 3.19. The number of para-hydroxylation sites is 1. The first-order valence-corrected chi connectivity index (χ1v) is 5.85. The van der Waals surface area contributed by atoms with Gasteiger partial charge in [-0.1, -0.05) is 12.1 Å². The van der Waals surface area contributed by atoms with Crippen LogP contribution in [0.2, 0.25) is 0 Å². The molecule has 1 N–H and O–H groups in total. The highest BCUT2D eigenvalue weighted by Crippen LogP contribution is 2.19. The average Bonchev–Trinajstić information content (AvgIpc) is 2.85. The number of aromatic nitrogens is 1. The molecule has 2 rings (SSSR count). The van der Waals surface area contributed by atoms with Gasteiger partial charge in [-0.25, -0.2) is 0 Å². The Kier molecular flexibility index (Phi) is 3.33. The number of benzene rings is 1. The number of carbonyl (C=O) groups is 1. The standard InChI is InChI=1S/C14H15N3O/c1-10(6-8-15)17(2)14(18)12-5-3-4-11-7-9-16-13(11)12/h3-5,7,9-10,16H,6H2,1-2H3. The molecule has 4 heteroatoms. The van der Waals surface area contributed by atoms with E-state index in [2.05, 4.69) is 11.1 Å². The molecule has 1 aromatic heterocycles. The van der Waals surface area contributed by atoms with E-state index >= 15 is 0 Å². The third-order valence-electron chi connectivity index (χ3n) is 3.19. The van der Waals surface area contributed by atoms with E-state index in [1.807, 2.05) is 31.3 Å². The number of fused-ring (bicyclic) bond motifs is 1. The van der Waals surface area contributed by atoms with Crippen molar-refractivity contribution in [3.05, 3.63) is 36.0 Å². The molecule has 2 aromatic rings. The Hall–Kier alpha value is -2.28. The summed E-state index contributed by atoms with van der Waals surface area (Å²) in [5.41, 5.74) is 1.49. The summed E-state index contributed by atoms with van der Waals surface area (Å²) in [4.78, 5) is 17.1. The molecule has 1 aromatic carbocycles. The summed E-state index contributed by atoms with van der Waals surface area (Å²) >= 11 is 0. The first kappa shape index (κ1) is 12.2. The molecule has 0 bridgehead atoms. The molecule has 0 saturated heterocycles. The van der Waals surface area contributed by atoms with Crippen LogP contribution in [-0.4, -0.2) is 28.9 Å². The third kappa shape index (κ3) is 2.07. The lowest BCUT2D eigenvalue weighted by atomic mass is 10.1. The quantitative estimate of drug-likeness (QED) is 0.897. The molecule has 4 nitrogen and oxygen atoms in total. The summed E-state index contributed by atoms with van der Waals surface area (Å²) in [7, 11) is 1.73. The average molecular weight is 241 g/mol. The van der Waals surface area contributed by atoms with Crippen molar-refractivity contribution in [2.75, 3.05) is 7.05 Å². The topological polar surface area (TPSA) is 59.9 Å². The highest BCUT2D eigenvalue weighted by atomic mass is 16.2. The van der Waals surface area contributed by atoms with Crippen LogP contribution in [0.15, 0.2) is 30.5 Å². The van der Waals surface area contributed by atoms with Crippen LogP contribution in [0, 0.1) is 11.3 Å².